The van der Waals surface area contributed by atoms with E-state index in [1.54, 1.807) is 19.6 Å². The molecule has 2 N–H and O–H groups in total. The van der Waals surface area contributed by atoms with Gasteiger partial charge in [0.05, 0.1) is 19.2 Å². The number of amidine groups is 1. The van der Waals surface area contributed by atoms with E-state index in [0.29, 0.717) is 30.3 Å². The Morgan fingerprint density at radius 2 is 2.03 bits per heavy atom. The molecule has 2 aliphatic rings. The van der Waals surface area contributed by atoms with E-state index in [9.17, 15) is 4.55 Å². The minimum absolute atomic E-state index is 0.0218. The van der Waals surface area contributed by atoms with Crippen molar-refractivity contribution < 1.29 is 9.29 Å². The van der Waals surface area contributed by atoms with Crippen molar-refractivity contribution in [2.24, 2.45) is 10.9 Å². The summed E-state index contributed by atoms with van der Waals surface area (Å²) in [5.74, 6) is 1.30. The van der Waals surface area contributed by atoms with Gasteiger partial charge >= 0.3 is 0 Å². The lowest BCUT2D eigenvalue weighted by Crippen LogP contribution is -2.56. The van der Waals surface area contributed by atoms with Crippen molar-refractivity contribution in [2.45, 2.75) is 50.3 Å². The Kier molecular flexibility index (Phi) is 9.01. The fourth-order valence-corrected chi connectivity index (χ4v) is 5.43. The monoisotopic (exact) mass is 452 g/mol. The molecule has 1 aromatic carbocycles. The minimum Gasteiger partial charge on any atom is -0.616 e. The third-order valence-electron chi connectivity index (χ3n) is 6.10. The number of halogens is 1. The number of hydrogen-bond donors (Lipinski definition) is 2. The first-order valence-electron chi connectivity index (χ1n) is 10.7. The van der Waals surface area contributed by atoms with E-state index in [1.165, 1.54) is 5.56 Å². The van der Waals surface area contributed by atoms with Crippen LogP contribution < -0.4 is 5.32 Å². The van der Waals surface area contributed by atoms with Crippen LogP contribution in [0.3, 0.4) is 0 Å². The molecule has 0 bridgehead atoms. The molecule has 1 aliphatic heterocycles. The summed E-state index contributed by atoms with van der Waals surface area (Å²) in [6.45, 7) is 1.48. The topological polar surface area (TPSA) is 83.8 Å². The predicted octanol–water partition coefficient (Wildman–Crippen LogP) is 3.11. The number of nitrogens with zero attached hydrogens (tertiary/aromatic N) is 2. The quantitative estimate of drug-likeness (QED) is 0.378. The van der Waals surface area contributed by atoms with Gasteiger partial charge in [0.25, 0.3) is 0 Å². The average molecular weight is 453 g/mol. The largest absolute Gasteiger partial charge is 0.616 e. The van der Waals surface area contributed by atoms with Gasteiger partial charge in [-0.05, 0) is 49.8 Å². The number of rotatable bonds is 7. The molecule has 0 aromatic heterocycles. The SMILES string of the molecule is CN/C=N\C(=N)C1CCC(N2CC(C[S+](C)[O-])OCC2Cc2ccc(Cl)cc2)CC1. The Morgan fingerprint density at radius 1 is 1.33 bits per heavy atom. The first kappa shape index (κ1) is 23.5. The van der Waals surface area contributed by atoms with E-state index in [4.69, 9.17) is 21.7 Å². The van der Waals surface area contributed by atoms with Crippen LogP contribution in [0.5, 0.6) is 0 Å². The molecular weight excluding hydrogens is 420 g/mol. The highest BCUT2D eigenvalue weighted by atomic mass is 35.5. The molecule has 3 atom stereocenters. The van der Waals surface area contributed by atoms with Crippen molar-refractivity contribution in [2.75, 3.05) is 32.2 Å². The number of ether oxygens (including phenoxy) is 1. The van der Waals surface area contributed by atoms with Crippen LogP contribution in [0.15, 0.2) is 29.3 Å². The Labute approximate surface area is 188 Å². The maximum Gasteiger partial charge on any atom is 0.132 e. The van der Waals surface area contributed by atoms with Crippen LogP contribution in [-0.4, -0.2) is 72.0 Å². The molecule has 166 valence electrons. The molecule has 3 rings (SSSR count). The van der Waals surface area contributed by atoms with Crippen molar-refractivity contribution in [3.05, 3.63) is 34.9 Å². The highest BCUT2D eigenvalue weighted by Crippen LogP contribution is 2.32. The van der Waals surface area contributed by atoms with Crippen LogP contribution in [0.4, 0.5) is 0 Å². The van der Waals surface area contributed by atoms with Crippen molar-refractivity contribution in [3.8, 4) is 0 Å². The fraction of sp³-hybridized carbons (Fsp3) is 0.636. The second-order valence-corrected chi connectivity index (χ2v) is 10.2. The van der Waals surface area contributed by atoms with E-state index in [2.05, 4.69) is 27.3 Å². The molecule has 30 heavy (non-hydrogen) atoms. The Hall–Kier alpha value is -1.12. The number of benzene rings is 1. The van der Waals surface area contributed by atoms with Crippen LogP contribution in [0, 0.1) is 11.3 Å². The predicted molar refractivity (Wildman–Crippen MR) is 125 cm³/mol. The summed E-state index contributed by atoms with van der Waals surface area (Å²) in [5, 5.41) is 11.8. The van der Waals surface area contributed by atoms with Gasteiger partial charge < -0.3 is 14.6 Å². The molecule has 2 fully saturated rings. The van der Waals surface area contributed by atoms with E-state index >= 15 is 0 Å². The van der Waals surface area contributed by atoms with Gasteiger partial charge in [0.2, 0.25) is 0 Å². The zero-order chi connectivity index (χ0) is 21.5. The highest BCUT2D eigenvalue weighted by Gasteiger charge is 2.37. The van der Waals surface area contributed by atoms with Crippen molar-refractivity contribution in [1.82, 2.24) is 10.2 Å². The summed E-state index contributed by atoms with van der Waals surface area (Å²) in [4.78, 5) is 6.79. The van der Waals surface area contributed by atoms with E-state index in [0.717, 1.165) is 43.7 Å². The lowest BCUT2D eigenvalue weighted by molar-refractivity contribution is -0.0757. The average Bonchev–Trinajstić information content (AvgIpc) is 2.74. The molecule has 6 nitrogen and oxygen atoms in total. The van der Waals surface area contributed by atoms with Gasteiger partial charge in [-0.1, -0.05) is 34.9 Å². The number of aliphatic imine (C=N–C) groups is 1. The molecule has 1 saturated carbocycles. The second kappa shape index (κ2) is 11.5. The summed E-state index contributed by atoms with van der Waals surface area (Å²) in [5.41, 5.74) is 1.26. The van der Waals surface area contributed by atoms with Gasteiger partial charge in [-0.2, -0.15) is 0 Å². The smallest absolute Gasteiger partial charge is 0.132 e. The van der Waals surface area contributed by atoms with Gasteiger partial charge in [0, 0.05) is 36.6 Å². The number of hydrogen-bond acceptors (Lipinski definition) is 4. The van der Waals surface area contributed by atoms with Crippen LogP contribution >= 0.6 is 11.6 Å². The number of morpholine rings is 1. The molecule has 3 unspecified atom stereocenters. The van der Waals surface area contributed by atoms with Gasteiger partial charge in [0.15, 0.2) is 0 Å². The van der Waals surface area contributed by atoms with Crippen LogP contribution in [0.1, 0.15) is 31.2 Å². The Balaban J connectivity index is 1.65. The van der Waals surface area contributed by atoms with Gasteiger partial charge in [0.1, 0.15) is 17.7 Å². The summed E-state index contributed by atoms with van der Waals surface area (Å²) < 4.78 is 17.9. The van der Waals surface area contributed by atoms with Crippen molar-refractivity contribution in [3.63, 3.8) is 0 Å². The lowest BCUT2D eigenvalue weighted by atomic mass is 9.83. The Bertz CT molecular complexity index is 708. The first-order chi connectivity index (χ1) is 14.5. The summed E-state index contributed by atoms with van der Waals surface area (Å²) in [6.07, 6.45) is 8.36. The molecule has 0 amide bonds. The van der Waals surface area contributed by atoms with E-state index in [-0.39, 0.29) is 12.0 Å². The van der Waals surface area contributed by atoms with Crippen LogP contribution in [0.2, 0.25) is 5.02 Å². The number of nitrogens with one attached hydrogen (secondary N) is 2. The first-order valence-corrected chi connectivity index (χ1v) is 12.8. The van der Waals surface area contributed by atoms with Crippen molar-refractivity contribution in [1.29, 1.82) is 5.41 Å². The molecule has 0 radical (unpaired) electrons. The standard InChI is InChI=1S/C22H33ClN4O2S/c1-25-15-26-22(24)17-5-9-19(10-6-17)27-12-21(14-30(2)28)29-13-20(27)11-16-3-7-18(23)8-4-16/h3-4,7-8,15,17,19-21H,5-6,9-14H2,1-2H3,(H2,24,25,26). The third-order valence-corrected chi connectivity index (χ3v) is 7.19. The summed E-state index contributed by atoms with van der Waals surface area (Å²) in [6, 6.07) is 8.83. The maximum absolute atomic E-state index is 11.8. The zero-order valence-corrected chi connectivity index (χ0v) is 19.4. The van der Waals surface area contributed by atoms with E-state index in [1.807, 2.05) is 12.1 Å². The van der Waals surface area contributed by atoms with Gasteiger partial charge in [-0.15, -0.1) is 0 Å². The third kappa shape index (κ3) is 6.69. The van der Waals surface area contributed by atoms with Gasteiger partial charge in [-0.3, -0.25) is 10.3 Å². The van der Waals surface area contributed by atoms with Crippen molar-refractivity contribution >= 4 is 35.0 Å². The van der Waals surface area contributed by atoms with Crippen LogP contribution in [-0.2, 0) is 22.3 Å². The lowest BCUT2D eigenvalue weighted by Gasteiger charge is -2.46. The second-order valence-electron chi connectivity index (χ2n) is 8.31. The normalized spacial score (nSPS) is 29.1. The summed E-state index contributed by atoms with van der Waals surface area (Å²) >= 11 is 5.18. The molecule has 1 saturated heterocycles. The fourth-order valence-electron chi connectivity index (χ4n) is 4.58. The molecular formula is C22H33ClN4O2S. The molecule has 1 aromatic rings. The highest BCUT2D eigenvalue weighted by molar-refractivity contribution is 7.90. The van der Waals surface area contributed by atoms with Crippen LogP contribution in [0.25, 0.3) is 0 Å². The Morgan fingerprint density at radius 3 is 2.67 bits per heavy atom. The molecule has 0 spiro atoms. The molecule has 8 heteroatoms. The molecule has 1 aliphatic carbocycles. The molecule has 1 heterocycles. The summed E-state index contributed by atoms with van der Waals surface area (Å²) in [7, 11) is 1.80. The zero-order valence-electron chi connectivity index (χ0n) is 17.9. The van der Waals surface area contributed by atoms with E-state index < -0.39 is 11.2 Å². The minimum atomic E-state index is -0.866. The van der Waals surface area contributed by atoms with Gasteiger partial charge in [-0.25, -0.2) is 4.99 Å². The maximum atomic E-state index is 11.8.